The highest BCUT2D eigenvalue weighted by molar-refractivity contribution is 6.31. The van der Waals surface area contributed by atoms with Crippen molar-refractivity contribution in [2.45, 2.75) is 40.3 Å². The van der Waals surface area contributed by atoms with Crippen LogP contribution in [0.4, 0.5) is 8.78 Å². The second kappa shape index (κ2) is 8.91. The highest BCUT2D eigenvalue weighted by Gasteiger charge is 2.23. The van der Waals surface area contributed by atoms with Crippen molar-refractivity contribution in [1.82, 2.24) is 14.5 Å². The smallest absolute Gasteiger partial charge is 0.257 e. The largest absolute Gasteiger partial charge is 0.331 e. The van der Waals surface area contributed by atoms with Gasteiger partial charge >= 0.3 is 0 Å². The van der Waals surface area contributed by atoms with E-state index in [9.17, 15) is 13.6 Å². The van der Waals surface area contributed by atoms with E-state index >= 15 is 0 Å². The van der Waals surface area contributed by atoms with Crippen molar-refractivity contribution in [3.63, 3.8) is 0 Å². The van der Waals surface area contributed by atoms with Gasteiger partial charge in [-0.15, -0.1) is 0 Å². The summed E-state index contributed by atoms with van der Waals surface area (Å²) in [7, 11) is 0. The molecule has 3 aromatic rings. The van der Waals surface area contributed by atoms with E-state index in [0.717, 1.165) is 35.7 Å². The number of nitrogens with zero attached hydrogens (tertiary/aromatic N) is 3. The molecular formula is C22H24ClF2N3O. The first-order valence-corrected chi connectivity index (χ1v) is 10.1. The number of hydrogen-bond acceptors (Lipinski definition) is 2. The third-order valence-electron chi connectivity index (χ3n) is 4.60. The van der Waals surface area contributed by atoms with E-state index in [1.165, 1.54) is 4.90 Å². The maximum Gasteiger partial charge on any atom is 0.257 e. The van der Waals surface area contributed by atoms with Crippen LogP contribution in [0.25, 0.3) is 11.0 Å². The zero-order valence-electron chi connectivity index (χ0n) is 16.8. The fraction of sp³-hybridized carbons (Fsp3) is 0.364. The molecule has 0 radical (unpaired) electrons. The molecule has 0 fully saturated rings. The third kappa shape index (κ3) is 4.75. The Morgan fingerprint density at radius 1 is 1.21 bits per heavy atom. The molecule has 0 saturated carbocycles. The second-order valence-electron chi connectivity index (χ2n) is 7.52. The number of benzene rings is 2. The number of rotatable bonds is 7. The number of fused-ring (bicyclic) bond motifs is 1. The molecule has 0 unspecified atom stereocenters. The van der Waals surface area contributed by atoms with Crippen LogP contribution >= 0.6 is 11.6 Å². The molecule has 0 saturated heterocycles. The Kier molecular flexibility index (Phi) is 6.52. The molecule has 154 valence electrons. The normalized spacial score (nSPS) is 11.4. The number of aromatic nitrogens is 2. The van der Waals surface area contributed by atoms with Gasteiger partial charge in [0, 0.05) is 18.1 Å². The summed E-state index contributed by atoms with van der Waals surface area (Å²) in [5.41, 5.74) is 1.40. The van der Waals surface area contributed by atoms with E-state index in [1.54, 1.807) is 6.07 Å². The quantitative estimate of drug-likeness (QED) is 0.494. The van der Waals surface area contributed by atoms with Gasteiger partial charge in [0.15, 0.2) is 0 Å². The van der Waals surface area contributed by atoms with Crippen LogP contribution in [-0.4, -0.2) is 26.9 Å². The molecule has 0 aliphatic carbocycles. The molecular weight excluding hydrogens is 396 g/mol. The van der Waals surface area contributed by atoms with Crippen molar-refractivity contribution in [1.29, 1.82) is 0 Å². The monoisotopic (exact) mass is 419 g/mol. The number of amides is 1. The Hall–Kier alpha value is -2.47. The van der Waals surface area contributed by atoms with Crippen molar-refractivity contribution < 1.29 is 13.6 Å². The maximum atomic E-state index is 14.2. The molecule has 29 heavy (non-hydrogen) atoms. The number of aryl methyl sites for hydroxylation is 1. The number of imidazole rings is 1. The van der Waals surface area contributed by atoms with Gasteiger partial charge in [0.25, 0.3) is 5.91 Å². The summed E-state index contributed by atoms with van der Waals surface area (Å²) in [4.78, 5) is 19.3. The van der Waals surface area contributed by atoms with Crippen molar-refractivity contribution in [2.75, 3.05) is 6.54 Å². The SMILES string of the molecule is CCCn1c(CN(CC(C)C)C(=O)c2cc(F)ccc2F)nc2ccc(Cl)cc21. The molecule has 0 N–H and O–H groups in total. The number of carbonyl (C=O) groups excluding carboxylic acids is 1. The first-order valence-electron chi connectivity index (χ1n) is 9.69. The Morgan fingerprint density at radius 3 is 2.66 bits per heavy atom. The molecule has 3 rings (SSSR count). The van der Waals surface area contributed by atoms with E-state index in [1.807, 2.05) is 30.5 Å². The summed E-state index contributed by atoms with van der Waals surface area (Å²) in [5.74, 6) is -1.10. The summed E-state index contributed by atoms with van der Waals surface area (Å²) in [6.07, 6.45) is 0.877. The lowest BCUT2D eigenvalue weighted by molar-refractivity contribution is 0.0711. The Balaban J connectivity index is 2.02. The average molecular weight is 420 g/mol. The van der Waals surface area contributed by atoms with Crippen LogP contribution in [0, 0.1) is 17.6 Å². The summed E-state index contributed by atoms with van der Waals surface area (Å²) in [5, 5.41) is 0.609. The first kappa shape index (κ1) is 21.2. The van der Waals surface area contributed by atoms with Gasteiger partial charge in [0.2, 0.25) is 0 Å². The number of halogens is 3. The highest BCUT2D eigenvalue weighted by Crippen LogP contribution is 2.23. The molecule has 0 spiro atoms. The van der Waals surface area contributed by atoms with Crippen LogP contribution in [0.15, 0.2) is 36.4 Å². The van der Waals surface area contributed by atoms with E-state index in [-0.39, 0.29) is 18.0 Å². The molecule has 1 heterocycles. The number of hydrogen-bond donors (Lipinski definition) is 0. The Morgan fingerprint density at radius 2 is 1.97 bits per heavy atom. The second-order valence-corrected chi connectivity index (χ2v) is 7.95. The molecule has 1 aromatic heterocycles. The van der Waals surface area contributed by atoms with E-state index in [2.05, 4.69) is 11.9 Å². The summed E-state index contributed by atoms with van der Waals surface area (Å²) >= 11 is 6.15. The van der Waals surface area contributed by atoms with Crippen LogP contribution in [0.2, 0.25) is 5.02 Å². The van der Waals surface area contributed by atoms with Crippen LogP contribution in [0.3, 0.4) is 0 Å². The Labute approximate surface area is 174 Å². The average Bonchev–Trinajstić information content (AvgIpc) is 2.99. The topological polar surface area (TPSA) is 38.1 Å². The number of carbonyl (C=O) groups is 1. The lowest BCUT2D eigenvalue weighted by atomic mass is 10.1. The van der Waals surface area contributed by atoms with Gasteiger partial charge in [-0.3, -0.25) is 4.79 Å². The van der Waals surface area contributed by atoms with E-state index in [0.29, 0.717) is 23.9 Å². The molecule has 2 aromatic carbocycles. The first-order chi connectivity index (χ1) is 13.8. The third-order valence-corrected chi connectivity index (χ3v) is 4.84. The molecule has 0 bridgehead atoms. The molecule has 0 atom stereocenters. The Bertz CT molecular complexity index is 1030. The van der Waals surface area contributed by atoms with Gasteiger partial charge < -0.3 is 9.47 Å². The van der Waals surface area contributed by atoms with Crippen LogP contribution < -0.4 is 0 Å². The van der Waals surface area contributed by atoms with Crippen molar-refractivity contribution in [3.8, 4) is 0 Å². The van der Waals surface area contributed by atoms with Crippen molar-refractivity contribution in [2.24, 2.45) is 5.92 Å². The van der Waals surface area contributed by atoms with E-state index < -0.39 is 17.5 Å². The fourth-order valence-corrected chi connectivity index (χ4v) is 3.57. The van der Waals surface area contributed by atoms with Gasteiger partial charge in [-0.05, 0) is 48.7 Å². The van der Waals surface area contributed by atoms with Gasteiger partial charge in [-0.2, -0.15) is 0 Å². The zero-order chi connectivity index (χ0) is 21.1. The summed E-state index contributed by atoms with van der Waals surface area (Å²) in [6, 6.07) is 8.39. The molecule has 0 aliphatic rings. The summed E-state index contributed by atoms with van der Waals surface area (Å²) in [6.45, 7) is 7.29. The fourth-order valence-electron chi connectivity index (χ4n) is 3.40. The predicted molar refractivity (Wildman–Crippen MR) is 111 cm³/mol. The lowest BCUT2D eigenvalue weighted by Crippen LogP contribution is -2.35. The van der Waals surface area contributed by atoms with E-state index in [4.69, 9.17) is 11.6 Å². The zero-order valence-corrected chi connectivity index (χ0v) is 17.5. The van der Waals surface area contributed by atoms with Crippen molar-refractivity contribution >= 4 is 28.5 Å². The molecule has 7 heteroatoms. The lowest BCUT2D eigenvalue weighted by Gasteiger charge is -2.25. The van der Waals surface area contributed by atoms with Crippen LogP contribution in [0.5, 0.6) is 0 Å². The minimum atomic E-state index is -0.737. The standard InChI is InChI=1S/C22H24ClF2N3O/c1-4-9-28-20-10-15(23)5-8-19(20)26-21(28)13-27(12-14(2)3)22(29)17-11-16(24)6-7-18(17)25/h5-8,10-11,14H,4,9,12-13H2,1-3H3. The molecule has 4 nitrogen and oxygen atoms in total. The van der Waals surface area contributed by atoms with Gasteiger partial charge in [0.1, 0.15) is 17.5 Å². The summed E-state index contributed by atoms with van der Waals surface area (Å²) < 4.78 is 29.9. The van der Waals surface area contributed by atoms with Crippen LogP contribution in [-0.2, 0) is 13.1 Å². The van der Waals surface area contributed by atoms with Gasteiger partial charge in [0.05, 0.1) is 23.1 Å². The van der Waals surface area contributed by atoms with Gasteiger partial charge in [-0.25, -0.2) is 13.8 Å². The maximum absolute atomic E-state index is 14.2. The minimum Gasteiger partial charge on any atom is -0.331 e. The van der Waals surface area contributed by atoms with Gasteiger partial charge in [-0.1, -0.05) is 32.4 Å². The molecule has 1 amide bonds. The van der Waals surface area contributed by atoms with Crippen LogP contribution in [0.1, 0.15) is 43.4 Å². The molecule has 0 aliphatic heterocycles. The van der Waals surface area contributed by atoms with Crippen molar-refractivity contribution in [3.05, 3.63) is 64.4 Å². The predicted octanol–water partition coefficient (Wildman–Crippen LogP) is 5.68. The highest BCUT2D eigenvalue weighted by atomic mass is 35.5. The minimum absolute atomic E-state index is 0.147.